The quantitative estimate of drug-likeness (QED) is 0.872. The Kier molecular flexibility index (Phi) is 4.85. The third-order valence-corrected chi connectivity index (χ3v) is 5.42. The lowest BCUT2D eigenvalue weighted by Gasteiger charge is -2.26. The first kappa shape index (κ1) is 17.9. The number of nitrogens with zero attached hydrogens (tertiary/aromatic N) is 1. The average Bonchev–Trinajstić information content (AvgIpc) is 3.13. The van der Waals surface area contributed by atoms with Crippen molar-refractivity contribution in [2.75, 3.05) is 27.6 Å². The van der Waals surface area contributed by atoms with Crippen LogP contribution in [-0.4, -0.2) is 37.8 Å². The molecule has 0 bridgehead atoms. The van der Waals surface area contributed by atoms with Crippen molar-refractivity contribution in [1.82, 2.24) is 5.06 Å². The molecule has 6 nitrogen and oxygen atoms in total. The number of fused-ring (bicyclic) bond motifs is 3. The molecule has 2 aromatic rings. The summed E-state index contributed by atoms with van der Waals surface area (Å²) in [5.41, 5.74) is 4.53. The molecule has 0 radical (unpaired) electrons. The summed E-state index contributed by atoms with van der Waals surface area (Å²) >= 11 is 0. The molecule has 0 saturated heterocycles. The number of benzene rings is 2. The van der Waals surface area contributed by atoms with Crippen LogP contribution in [-0.2, 0) is 19.4 Å². The van der Waals surface area contributed by atoms with Gasteiger partial charge in [-0.25, -0.2) is 0 Å². The van der Waals surface area contributed by atoms with Crippen molar-refractivity contribution in [3.8, 4) is 23.0 Å². The molecule has 6 heteroatoms. The van der Waals surface area contributed by atoms with E-state index < -0.39 is 0 Å². The van der Waals surface area contributed by atoms with Crippen molar-refractivity contribution in [3.63, 3.8) is 0 Å². The predicted molar refractivity (Wildman–Crippen MR) is 100 cm³/mol. The second-order valence-corrected chi connectivity index (χ2v) is 7.09. The second-order valence-electron chi connectivity index (χ2n) is 7.09. The van der Waals surface area contributed by atoms with Gasteiger partial charge in [0.25, 0.3) is 0 Å². The summed E-state index contributed by atoms with van der Waals surface area (Å²) in [6.45, 7) is 3.39. The van der Waals surface area contributed by atoms with Crippen LogP contribution in [0.5, 0.6) is 23.0 Å². The molecule has 2 aliphatic rings. The van der Waals surface area contributed by atoms with Gasteiger partial charge in [0.05, 0.1) is 20.8 Å². The maximum absolute atomic E-state index is 10.5. The summed E-state index contributed by atoms with van der Waals surface area (Å²) in [6.07, 6.45) is 1.56. The van der Waals surface area contributed by atoms with Crippen LogP contribution in [0.25, 0.3) is 0 Å². The Bertz CT molecular complexity index is 851. The van der Waals surface area contributed by atoms with Gasteiger partial charge in [0.2, 0.25) is 6.79 Å². The van der Waals surface area contributed by atoms with E-state index in [0.717, 1.165) is 35.5 Å². The summed E-state index contributed by atoms with van der Waals surface area (Å²) in [4.78, 5) is 0. The van der Waals surface area contributed by atoms with E-state index in [2.05, 4.69) is 25.1 Å². The van der Waals surface area contributed by atoms with Gasteiger partial charge >= 0.3 is 0 Å². The standard InChI is InChI=1S/C21H25NO5/c1-13-8-14-4-5-18(24-2)21(25-3)17(14)11-22(23)7-6-15-9-19-20(10-16(13)15)27-12-26-19/h4-5,9-10,13,23H,6-8,11-12H2,1-3H3. The molecule has 1 atom stereocenters. The Hall–Kier alpha value is -2.44. The molecule has 144 valence electrons. The van der Waals surface area contributed by atoms with Crippen molar-refractivity contribution in [2.45, 2.75) is 32.2 Å². The highest BCUT2D eigenvalue weighted by Crippen LogP contribution is 2.41. The maximum atomic E-state index is 10.5. The van der Waals surface area contributed by atoms with Crippen LogP contribution < -0.4 is 18.9 Å². The van der Waals surface area contributed by atoms with Crippen molar-refractivity contribution in [1.29, 1.82) is 0 Å². The van der Waals surface area contributed by atoms with E-state index in [1.54, 1.807) is 14.2 Å². The number of hydrogen-bond donors (Lipinski definition) is 1. The molecule has 2 aromatic carbocycles. The van der Waals surface area contributed by atoms with Gasteiger partial charge in [-0.3, -0.25) is 0 Å². The summed E-state index contributed by atoms with van der Waals surface area (Å²) in [6, 6.07) is 8.14. The lowest BCUT2D eigenvalue weighted by molar-refractivity contribution is -0.0989. The highest BCUT2D eigenvalue weighted by Gasteiger charge is 2.25. The molecule has 0 aliphatic carbocycles. The molecule has 0 spiro atoms. The van der Waals surface area contributed by atoms with E-state index in [0.29, 0.717) is 24.6 Å². The van der Waals surface area contributed by atoms with Crippen molar-refractivity contribution < 1.29 is 24.2 Å². The zero-order chi connectivity index (χ0) is 19.0. The minimum absolute atomic E-state index is 0.262. The van der Waals surface area contributed by atoms with E-state index >= 15 is 0 Å². The summed E-state index contributed by atoms with van der Waals surface area (Å²) in [7, 11) is 3.26. The second kappa shape index (κ2) is 7.29. The predicted octanol–water partition coefficient (Wildman–Crippen LogP) is 3.53. The average molecular weight is 371 g/mol. The Labute approximate surface area is 159 Å². The van der Waals surface area contributed by atoms with E-state index in [1.165, 1.54) is 16.2 Å². The van der Waals surface area contributed by atoms with Crippen LogP contribution in [0.1, 0.15) is 35.1 Å². The highest BCUT2D eigenvalue weighted by atomic mass is 16.7. The fourth-order valence-electron chi connectivity index (χ4n) is 4.02. The fraction of sp³-hybridized carbons (Fsp3) is 0.429. The van der Waals surface area contributed by atoms with Crippen LogP contribution in [0.15, 0.2) is 24.3 Å². The molecule has 27 heavy (non-hydrogen) atoms. The van der Waals surface area contributed by atoms with E-state index in [-0.39, 0.29) is 12.7 Å². The summed E-state index contributed by atoms with van der Waals surface area (Å²) < 4.78 is 22.2. The van der Waals surface area contributed by atoms with Crippen molar-refractivity contribution in [2.24, 2.45) is 0 Å². The largest absolute Gasteiger partial charge is 0.493 e. The molecular weight excluding hydrogens is 346 g/mol. The third kappa shape index (κ3) is 3.31. The van der Waals surface area contributed by atoms with Crippen LogP contribution in [0.4, 0.5) is 0 Å². The van der Waals surface area contributed by atoms with Crippen LogP contribution in [0, 0.1) is 0 Å². The molecule has 2 aliphatic heterocycles. The van der Waals surface area contributed by atoms with Crippen LogP contribution in [0.3, 0.4) is 0 Å². The SMILES string of the molecule is COc1ccc2c(c1OC)CN(O)CCc1cc3c(cc1C(C)C2)OCO3. The van der Waals surface area contributed by atoms with Crippen molar-refractivity contribution in [3.05, 3.63) is 46.5 Å². The number of rotatable bonds is 2. The zero-order valence-corrected chi connectivity index (χ0v) is 15.9. The lowest BCUT2D eigenvalue weighted by Crippen LogP contribution is -2.24. The van der Waals surface area contributed by atoms with E-state index in [9.17, 15) is 5.21 Å². The molecule has 0 aromatic heterocycles. The van der Waals surface area contributed by atoms with Crippen LogP contribution in [0.2, 0.25) is 0 Å². The smallest absolute Gasteiger partial charge is 0.231 e. The first-order valence-corrected chi connectivity index (χ1v) is 9.19. The van der Waals surface area contributed by atoms with Gasteiger partial charge < -0.3 is 24.2 Å². The van der Waals surface area contributed by atoms with Crippen molar-refractivity contribution >= 4 is 0 Å². The summed E-state index contributed by atoms with van der Waals surface area (Å²) in [5.74, 6) is 3.24. The van der Waals surface area contributed by atoms with Gasteiger partial charge in [0.15, 0.2) is 23.0 Å². The molecule has 4 rings (SSSR count). The molecule has 2 heterocycles. The minimum atomic E-state index is 0.262. The number of ether oxygens (including phenoxy) is 4. The van der Waals surface area contributed by atoms with E-state index in [4.69, 9.17) is 18.9 Å². The molecule has 0 fully saturated rings. The van der Waals surface area contributed by atoms with Crippen LogP contribution >= 0.6 is 0 Å². The van der Waals surface area contributed by atoms with Gasteiger partial charge in [0.1, 0.15) is 0 Å². The Morgan fingerprint density at radius 2 is 1.85 bits per heavy atom. The Balaban J connectivity index is 1.79. The van der Waals surface area contributed by atoms with Gasteiger partial charge in [-0.2, -0.15) is 5.06 Å². The first-order valence-electron chi connectivity index (χ1n) is 9.19. The Morgan fingerprint density at radius 3 is 2.59 bits per heavy atom. The number of hydrogen-bond acceptors (Lipinski definition) is 6. The highest BCUT2D eigenvalue weighted by molar-refractivity contribution is 5.53. The topological polar surface area (TPSA) is 60.4 Å². The zero-order valence-electron chi connectivity index (χ0n) is 15.9. The lowest BCUT2D eigenvalue weighted by atomic mass is 9.86. The summed E-state index contributed by atoms with van der Waals surface area (Å²) in [5, 5.41) is 11.9. The normalized spacial score (nSPS) is 19.2. The van der Waals surface area contributed by atoms with Gasteiger partial charge in [-0.1, -0.05) is 13.0 Å². The molecule has 0 amide bonds. The molecule has 0 saturated carbocycles. The third-order valence-electron chi connectivity index (χ3n) is 5.42. The molecule has 1 N–H and O–H groups in total. The number of methoxy groups -OCH3 is 2. The molecule has 1 unspecified atom stereocenters. The van der Waals surface area contributed by atoms with E-state index in [1.807, 2.05) is 6.07 Å². The maximum Gasteiger partial charge on any atom is 0.231 e. The van der Waals surface area contributed by atoms with Gasteiger partial charge in [-0.05, 0) is 53.6 Å². The molecular formula is C21H25NO5. The van der Waals surface area contributed by atoms with Gasteiger partial charge in [0, 0.05) is 12.1 Å². The number of hydroxylamine groups is 2. The fourth-order valence-corrected chi connectivity index (χ4v) is 4.02. The minimum Gasteiger partial charge on any atom is -0.493 e. The van der Waals surface area contributed by atoms with Gasteiger partial charge in [-0.15, -0.1) is 0 Å². The monoisotopic (exact) mass is 371 g/mol. The first-order chi connectivity index (χ1) is 13.1. The Morgan fingerprint density at radius 1 is 1.07 bits per heavy atom.